The Balaban J connectivity index is 1.14. The fraction of sp³-hybridized carbons (Fsp3) is 0.259. The van der Waals surface area contributed by atoms with E-state index in [0.717, 1.165) is 55.2 Å². The van der Waals surface area contributed by atoms with Gasteiger partial charge in [0, 0.05) is 56.2 Å². The topological polar surface area (TPSA) is 84.6 Å². The van der Waals surface area contributed by atoms with Crippen molar-refractivity contribution in [3.63, 3.8) is 0 Å². The maximum absolute atomic E-state index is 12.8. The van der Waals surface area contributed by atoms with Crippen LogP contribution in [0.3, 0.4) is 0 Å². The second-order valence-electron chi connectivity index (χ2n) is 8.51. The molecule has 8 nitrogen and oxygen atoms in total. The Morgan fingerprint density at radius 1 is 0.971 bits per heavy atom. The van der Waals surface area contributed by atoms with Gasteiger partial charge in [0.2, 0.25) is 11.7 Å². The molecule has 0 aliphatic carbocycles. The number of amides is 1. The first-order valence-corrected chi connectivity index (χ1v) is 11.6. The molecular formula is C27H27N5O3. The van der Waals surface area contributed by atoms with Gasteiger partial charge >= 0.3 is 0 Å². The van der Waals surface area contributed by atoms with Gasteiger partial charge in [-0.2, -0.15) is 4.98 Å². The number of hydrogen-bond acceptors (Lipinski definition) is 7. The van der Waals surface area contributed by atoms with Crippen LogP contribution in [0.4, 0.5) is 0 Å². The number of rotatable bonds is 7. The van der Waals surface area contributed by atoms with Gasteiger partial charge in [-0.25, -0.2) is 0 Å². The second-order valence-corrected chi connectivity index (χ2v) is 8.51. The normalized spacial score (nSPS) is 14.1. The highest BCUT2D eigenvalue weighted by Gasteiger charge is 2.22. The van der Waals surface area contributed by atoms with Crippen molar-refractivity contribution in [3.8, 4) is 28.6 Å². The Hall–Kier alpha value is -4.04. The molecule has 2 aromatic heterocycles. The van der Waals surface area contributed by atoms with Gasteiger partial charge in [0.1, 0.15) is 5.75 Å². The SMILES string of the molecule is COc1ccccc1CC(=O)N1CCN(Cc2ccc(-c3noc(-c4cccnc4)n3)cc2)CC1. The van der Waals surface area contributed by atoms with Crippen molar-refractivity contribution >= 4 is 5.91 Å². The number of nitrogens with zero attached hydrogens (tertiary/aromatic N) is 5. The largest absolute Gasteiger partial charge is 0.496 e. The third kappa shape index (κ3) is 5.38. The number of methoxy groups -OCH3 is 1. The van der Waals surface area contributed by atoms with Gasteiger partial charge in [0.15, 0.2) is 0 Å². The Morgan fingerprint density at radius 3 is 2.51 bits per heavy atom. The first-order valence-electron chi connectivity index (χ1n) is 11.6. The van der Waals surface area contributed by atoms with E-state index in [2.05, 4.69) is 32.2 Å². The van der Waals surface area contributed by atoms with E-state index in [4.69, 9.17) is 9.26 Å². The highest BCUT2D eigenvalue weighted by Crippen LogP contribution is 2.23. The molecule has 178 valence electrons. The number of piperazine rings is 1. The molecule has 1 fully saturated rings. The average Bonchev–Trinajstić information content (AvgIpc) is 3.41. The van der Waals surface area contributed by atoms with E-state index >= 15 is 0 Å². The Morgan fingerprint density at radius 2 is 1.77 bits per heavy atom. The van der Waals surface area contributed by atoms with E-state index in [9.17, 15) is 4.79 Å². The minimum atomic E-state index is 0.143. The molecule has 35 heavy (non-hydrogen) atoms. The molecular weight excluding hydrogens is 442 g/mol. The summed E-state index contributed by atoms with van der Waals surface area (Å²) in [5.74, 6) is 1.91. The van der Waals surface area contributed by atoms with Crippen LogP contribution in [-0.2, 0) is 17.8 Å². The summed E-state index contributed by atoms with van der Waals surface area (Å²) in [5, 5.41) is 4.10. The van der Waals surface area contributed by atoms with Crippen LogP contribution in [0.2, 0.25) is 0 Å². The van der Waals surface area contributed by atoms with Crippen molar-refractivity contribution in [2.45, 2.75) is 13.0 Å². The Kier molecular flexibility index (Phi) is 6.81. The summed E-state index contributed by atoms with van der Waals surface area (Å²) in [7, 11) is 1.64. The molecule has 5 rings (SSSR count). The van der Waals surface area contributed by atoms with Gasteiger partial charge in [0.05, 0.1) is 19.1 Å². The minimum absolute atomic E-state index is 0.143. The molecule has 3 heterocycles. The zero-order valence-electron chi connectivity index (χ0n) is 19.6. The highest BCUT2D eigenvalue weighted by atomic mass is 16.5. The first-order chi connectivity index (χ1) is 17.2. The molecule has 2 aromatic carbocycles. The van der Waals surface area contributed by atoms with Crippen LogP contribution < -0.4 is 4.74 Å². The summed E-state index contributed by atoms with van der Waals surface area (Å²) >= 11 is 0. The van der Waals surface area contributed by atoms with Gasteiger partial charge in [0.25, 0.3) is 5.89 Å². The van der Waals surface area contributed by atoms with Crippen LogP contribution in [-0.4, -0.2) is 64.1 Å². The molecule has 1 saturated heterocycles. The molecule has 0 N–H and O–H groups in total. The van der Waals surface area contributed by atoms with E-state index in [1.165, 1.54) is 5.56 Å². The van der Waals surface area contributed by atoms with Crippen molar-refractivity contribution in [1.29, 1.82) is 0 Å². The number of benzene rings is 2. The fourth-order valence-electron chi connectivity index (χ4n) is 4.24. The summed E-state index contributed by atoms with van der Waals surface area (Å²) < 4.78 is 10.8. The Bertz CT molecular complexity index is 1270. The van der Waals surface area contributed by atoms with Crippen LogP contribution in [0.15, 0.2) is 77.6 Å². The van der Waals surface area contributed by atoms with Crippen molar-refractivity contribution in [3.05, 3.63) is 84.2 Å². The smallest absolute Gasteiger partial charge is 0.259 e. The van der Waals surface area contributed by atoms with Crippen LogP contribution in [0, 0.1) is 0 Å². The quantitative estimate of drug-likeness (QED) is 0.408. The third-order valence-electron chi connectivity index (χ3n) is 6.21. The molecule has 1 aliphatic heterocycles. The number of carbonyl (C=O) groups is 1. The zero-order chi connectivity index (χ0) is 24.0. The van der Waals surface area contributed by atoms with Crippen LogP contribution in [0.25, 0.3) is 22.8 Å². The van der Waals surface area contributed by atoms with Crippen molar-refractivity contribution in [1.82, 2.24) is 24.9 Å². The van der Waals surface area contributed by atoms with Crippen molar-refractivity contribution in [2.75, 3.05) is 33.3 Å². The van der Waals surface area contributed by atoms with Gasteiger partial charge in [-0.05, 0) is 23.8 Å². The van der Waals surface area contributed by atoms with Gasteiger partial charge in [-0.15, -0.1) is 0 Å². The summed E-state index contributed by atoms with van der Waals surface area (Å²) in [4.78, 5) is 25.7. The second kappa shape index (κ2) is 10.5. The lowest BCUT2D eigenvalue weighted by Gasteiger charge is -2.35. The van der Waals surface area contributed by atoms with Crippen molar-refractivity contribution in [2.24, 2.45) is 0 Å². The third-order valence-corrected chi connectivity index (χ3v) is 6.21. The van der Waals surface area contributed by atoms with E-state index in [0.29, 0.717) is 18.1 Å². The first kappa shape index (κ1) is 22.7. The lowest BCUT2D eigenvalue weighted by atomic mass is 10.1. The predicted molar refractivity (Wildman–Crippen MR) is 132 cm³/mol. The lowest BCUT2D eigenvalue weighted by Crippen LogP contribution is -2.48. The van der Waals surface area contributed by atoms with E-state index < -0.39 is 0 Å². The van der Waals surface area contributed by atoms with Gasteiger partial charge < -0.3 is 14.2 Å². The summed E-state index contributed by atoms with van der Waals surface area (Å²) in [6.07, 6.45) is 3.77. The highest BCUT2D eigenvalue weighted by molar-refractivity contribution is 5.79. The molecule has 1 aliphatic rings. The van der Waals surface area contributed by atoms with E-state index in [1.54, 1.807) is 19.5 Å². The minimum Gasteiger partial charge on any atom is -0.496 e. The molecule has 4 aromatic rings. The number of ether oxygens (including phenoxy) is 1. The molecule has 0 atom stereocenters. The monoisotopic (exact) mass is 469 g/mol. The molecule has 1 amide bonds. The van der Waals surface area contributed by atoms with Crippen molar-refractivity contribution < 1.29 is 14.1 Å². The van der Waals surface area contributed by atoms with E-state index in [1.807, 2.05) is 53.4 Å². The molecule has 0 saturated carbocycles. The lowest BCUT2D eigenvalue weighted by molar-refractivity contribution is -0.132. The number of hydrogen-bond donors (Lipinski definition) is 0. The zero-order valence-corrected chi connectivity index (χ0v) is 19.6. The number of pyridine rings is 1. The Labute approximate surface area is 204 Å². The summed E-state index contributed by atoms with van der Waals surface area (Å²) in [6, 6.07) is 19.6. The van der Waals surface area contributed by atoms with Crippen LogP contribution in [0.1, 0.15) is 11.1 Å². The molecule has 8 heteroatoms. The maximum Gasteiger partial charge on any atom is 0.259 e. The molecule has 0 bridgehead atoms. The van der Waals surface area contributed by atoms with Gasteiger partial charge in [-0.3, -0.25) is 14.7 Å². The predicted octanol–water partition coefficient (Wildman–Crippen LogP) is 3.69. The summed E-state index contributed by atoms with van der Waals surface area (Å²) in [5.41, 5.74) is 3.83. The summed E-state index contributed by atoms with van der Waals surface area (Å²) in [6.45, 7) is 3.98. The average molecular weight is 470 g/mol. The van der Waals surface area contributed by atoms with Crippen LogP contribution in [0.5, 0.6) is 5.75 Å². The van der Waals surface area contributed by atoms with Gasteiger partial charge in [-0.1, -0.05) is 47.6 Å². The number of para-hydroxylation sites is 1. The number of aromatic nitrogens is 3. The fourth-order valence-corrected chi connectivity index (χ4v) is 4.24. The molecule has 0 spiro atoms. The van der Waals surface area contributed by atoms with Crippen LogP contribution >= 0.6 is 0 Å². The molecule has 0 radical (unpaired) electrons. The number of carbonyl (C=O) groups excluding carboxylic acids is 1. The standard InChI is InChI=1S/C27H27N5O3/c1-34-24-7-3-2-5-22(24)17-25(33)32-15-13-31(14-16-32)19-20-8-10-21(11-9-20)26-29-27(35-30-26)23-6-4-12-28-18-23/h2-12,18H,13-17,19H2,1H3. The van der Waals surface area contributed by atoms with E-state index in [-0.39, 0.29) is 5.91 Å². The molecule has 0 unspecified atom stereocenters. The maximum atomic E-state index is 12.8.